The lowest BCUT2D eigenvalue weighted by Crippen LogP contribution is -2.52. The molecule has 0 aliphatic heterocycles. The molecule has 0 aliphatic carbocycles. The maximum atomic E-state index is 12.8. The second-order valence-electron chi connectivity index (χ2n) is 7.35. The van der Waals surface area contributed by atoms with Crippen LogP contribution < -0.4 is 15.4 Å². The summed E-state index contributed by atoms with van der Waals surface area (Å²) < 4.78 is 15.1. The summed E-state index contributed by atoms with van der Waals surface area (Å²) in [6.07, 6.45) is 0.807. The minimum Gasteiger partial charge on any atom is -0.460 e. The van der Waals surface area contributed by atoms with Gasteiger partial charge in [-0.1, -0.05) is 55.1 Å². The van der Waals surface area contributed by atoms with E-state index < -0.39 is 36.0 Å². The van der Waals surface area contributed by atoms with Crippen molar-refractivity contribution in [2.24, 2.45) is 0 Å². The van der Waals surface area contributed by atoms with Crippen molar-refractivity contribution in [2.75, 3.05) is 6.61 Å². The molecular weight excluding hydrogens is 440 g/mol. The fraction of sp³-hybridized carbons (Fsp3) is 0.280. The van der Waals surface area contributed by atoms with Crippen LogP contribution in [0.4, 0.5) is 4.79 Å². The zero-order chi connectivity index (χ0) is 24.9. The van der Waals surface area contributed by atoms with Crippen molar-refractivity contribution in [3.8, 4) is 5.75 Å². The normalized spacial score (nSPS) is 11.9. The summed E-state index contributed by atoms with van der Waals surface area (Å²) in [7, 11) is 0. The first-order valence-electron chi connectivity index (χ1n) is 10.6. The van der Waals surface area contributed by atoms with E-state index in [2.05, 4.69) is 17.2 Å². The summed E-state index contributed by atoms with van der Waals surface area (Å²) in [5.41, 5.74) is 1.47. The Morgan fingerprint density at radius 3 is 2.24 bits per heavy atom. The molecule has 2 amide bonds. The third-order valence-corrected chi connectivity index (χ3v) is 4.50. The number of alkyl carbamates (subject to hydrolysis) is 1. The van der Waals surface area contributed by atoms with E-state index in [1.807, 2.05) is 30.3 Å². The summed E-state index contributed by atoms with van der Waals surface area (Å²) in [4.78, 5) is 48.2. The SMILES string of the molecule is C=CCOC(=O)[C@H](C)NC(=O)[C@H](Cc1ccccc1)NC(=O)OCc1ccc(OC(C)=O)cc1. The number of nitrogens with one attached hydrogen (secondary N) is 2. The second-order valence-corrected chi connectivity index (χ2v) is 7.35. The molecule has 180 valence electrons. The maximum Gasteiger partial charge on any atom is 0.408 e. The molecule has 0 unspecified atom stereocenters. The van der Waals surface area contributed by atoms with Crippen molar-refractivity contribution in [3.05, 3.63) is 78.4 Å². The number of rotatable bonds is 11. The van der Waals surface area contributed by atoms with Gasteiger partial charge in [0.05, 0.1) is 0 Å². The van der Waals surface area contributed by atoms with E-state index in [0.29, 0.717) is 11.3 Å². The number of amides is 2. The number of ether oxygens (including phenoxy) is 3. The van der Waals surface area contributed by atoms with E-state index >= 15 is 0 Å². The first-order valence-corrected chi connectivity index (χ1v) is 10.6. The lowest BCUT2D eigenvalue weighted by atomic mass is 10.1. The highest BCUT2D eigenvalue weighted by molar-refractivity contribution is 5.89. The molecule has 2 aromatic carbocycles. The lowest BCUT2D eigenvalue weighted by molar-refractivity contribution is -0.146. The molecule has 0 saturated carbocycles. The van der Waals surface area contributed by atoms with Crippen molar-refractivity contribution in [2.45, 2.75) is 39.0 Å². The largest absolute Gasteiger partial charge is 0.460 e. The molecular formula is C25H28N2O7. The van der Waals surface area contributed by atoms with Gasteiger partial charge in [-0.15, -0.1) is 0 Å². The van der Waals surface area contributed by atoms with Gasteiger partial charge in [-0.25, -0.2) is 9.59 Å². The van der Waals surface area contributed by atoms with Gasteiger partial charge in [-0.05, 0) is 30.2 Å². The summed E-state index contributed by atoms with van der Waals surface area (Å²) in [5, 5.41) is 5.10. The van der Waals surface area contributed by atoms with Gasteiger partial charge in [0, 0.05) is 13.3 Å². The van der Waals surface area contributed by atoms with Crippen LogP contribution in [0.5, 0.6) is 5.75 Å². The lowest BCUT2D eigenvalue weighted by Gasteiger charge is -2.21. The van der Waals surface area contributed by atoms with Gasteiger partial charge >= 0.3 is 18.0 Å². The molecule has 0 spiro atoms. The summed E-state index contributed by atoms with van der Waals surface area (Å²) in [6.45, 7) is 6.22. The molecule has 2 aromatic rings. The van der Waals surface area contributed by atoms with Crippen LogP contribution in [0.2, 0.25) is 0 Å². The Morgan fingerprint density at radius 1 is 0.941 bits per heavy atom. The topological polar surface area (TPSA) is 120 Å². The van der Waals surface area contributed by atoms with Crippen LogP contribution in [0.15, 0.2) is 67.3 Å². The fourth-order valence-electron chi connectivity index (χ4n) is 2.85. The zero-order valence-electron chi connectivity index (χ0n) is 19.1. The molecule has 0 aromatic heterocycles. The van der Waals surface area contributed by atoms with Gasteiger partial charge < -0.3 is 24.8 Å². The Balaban J connectivity index is 1.99. The van der Waals surface area contributed by atoms with Crippen LogP contribution in [0.1, 0.15) is 25.0 Å². The number of hydrogen-bond acceptors (Lipinski definition) is 7. The third-order valence-electron chi connectivity index (χ3n) is 4.50. The fourth-order valence-corrected chi connectivity index (χ4v) is 2.85. The Bertz CT molecular complexity index is 990. The van der Waals surface area contributed by atoms with Crippen LogP contribution in [0.25, 0.3) is 0 Å². The molecule has 2 N–H and O–H groups in total. The van der Waals surface area contributed by atoms with E-state index in [-0.39, 0.29) is 19.6 Å². The van der Waals surface area contributed by atoms with Crippen LogP contribution in [-0.4, -0.2) is 42.6 Å². The highest BCUT2D eigenvalue weighted by atomic mass is 16.6. The van der Waals surface area contributed by atoms with Crippen molar-refractivity contribution < 1.29 is 33.4 Å². The van der Waals surface area contributed by atoms with Crippen LogP contribution >= 0.6 is 0 Å². The number of benzene rings is 2. The molecule has 9 heteroatoms. The quantitative estimate of drug-likeness (QED) is 0.296. The minimum absolute atomic E-state index is 0.0267. The smallest absolute Gasteiger partial charge is 0.408 e. The molecule has 0 radical (unpaired) electrons. The molecule has 0 aliphatic rings. The Hall–Kier alpha value is -4.14. The molecule has 34 heavy (non-hydrogen) atoms. The van der Waals surface area contributed by atoms with Crippen molar-refractivity contribution in [1.82, 2.24) is 10.6 Å². The van der Waals surface area contributed by atoms with Crippen LogP contribution in [0, 0.1) is 0 Å². The van der Waals surface area contributed by atoms with E-state index in [0.717, 1.165) is 5.56 Å². The molecule has 0 fully saturated rings. The summed E-state index contributed by atoms with van der Waals surface area (Å²) in [5.74, 6) is -1.24. The van der Waals surface area contributed by atoms with E-state index in [1.54, 1.807) is 24.3 Å². The molecule has 0 bridgehead atoms. The maximum absolute atomic E-state index is 12.8. The molecule has 9 nitrogen and oxygen atoms in total. The number of hydrogen-bond donors (Lipinski definition) is 2. The molecule has 0 heterocycles. The molecule has 2 rings (SSSR count). The van der Waals surface area contributed by atoms with Gasteiger partial charge in [0.25, 0.3) is 0 Å². The van der Waals surface area contributed by atoms with Crippen molar-refractivity contribution >= 4 is 23.9 Å². The van der Waals surface area contributed by atoms with Crippen molar-refractivity contribution in [3.63, 3.8) is 0 Å². The summed E-state index contributed by atoms with van der Waals surface area (Å²) in [6, 6.07) is 13.7. The Morgan fingerprint density at radius 2 is 1.62 bits per heavy atom. The zero-order valence-corrected chi connectivity index (χ0v) is 19.1. The Kier molecular flexibility index (Phi) is 10.3. The standard InChI is InChI=1S/C25H28N2O7/c1-4-14-32-24(30)17(2)26-23(29)22(15-19-8-6-5-7-9-19)27-25(31)33-16-20-10-12-21(13-11-20)34-18(3)28/h4-13,17,22H,1,14-16H2,2-3H3,(H,26,29)(H,27,31)/t17-,22-/m0/s1. The van der Waals surface area contributed by atoms with Gasteiger partial charge in [0.1, 0.15) is 31.0 Å². The van der Waals surface area contributed by atoms with E-state index in [9.17, 15) is 19.2 Å². The van der Waals surface area contributed by atoms with Crippen LogP contribution in [0.3, 0.4) is 0 Å². The predicted molar refractivity (Wildman–Crippen MR) is 124 cm³/mol. The average Bonchev–Trinajstić information content (AvgIpc) is 2.81. The van der Waals surface area contributed by atoms with Crippen molar-refractivity contribution in [1.29, 1.82) is 0 Å². The van der Waals surface area contributed by atoms with Gasteiger partial charge in [0.2, 0.25) is 5.91 Å². The second kappa shape index (κ2) is 13.4. The first kappa shape index (κ1) is 26.1. The van der Waals surface area contributed by atoms with E-state index in [4.69, 9.17) is 14.2 Å². The van der Waals surface area contributed by atoms with Gasteiger partial charge in [-0.2, -0.15) is 0 Å². The Labute approximate surface area is 198 Å². The number of esters is 2. The molecule has 2 atom stereocenters. The predicted octanol–water partition coefficient (Wildman–Crippen LogP) is 2.68. The van der Waals surface area contributed by atoms with E-state index in [1.165, 1.54) is 19.9 Å². The highest BCUT2D eigenvalue weighted by Gasteiger charge is 2.26. The van der Waals surface area contributed by atoms with Gasteiger partial charge in [0.15, 0.2) is 0 Å². The van der Waals surface area contributed by atoms with Gasteiger partial charge in [-0.3, -0.25) is 9.59 Å². The first-order chi connectivity index (χ1) is 16.3. The monoisotopic (exact) mass is 468 g/mol. The highest BCUT2D eigenvalue weighted by Crippen LogP contribution is 2.13. The van der Waals surface area contributed by atoms with Crippen LogP contribution in [-0.2, 0) is 36.9 Å². The number of carbonyl (C=O) groups excluding carboxylic acids is 4. The number of carbonyl (C=O) groups is 4. The molecule has 0 saturated heterocycles. The average molecular weight is 469 g/mol. The third kappa shape index (κ3) is 9.15. The summed E-state index contributed by atoms with van der Waals surface area (Å²) >= 11 is 0. The minimum atomic E-state index is -0.990.